The Hall–Kier alpha value is -4.77. The molecule has 0 saturated carbocycles. The summed E-state index contributed by atoms with van der Waals surface area (Å²) >= 11 is 13.9. The minimum Gasteiger partial charge on any atom is -0.481 e. The molecule has 2 aromatic carbocycles. The molecule has 2 N–H and O–H groups in total. The predicted molar refractivity (Wildman–Crippen MR) is 163 cm³/mol. The Bertz CT molecular complexity index is 1910. The summed E-state index contributed by atoms with van der Waals surface area (Å²) in [5.41, 5.74) is 4.36. The molecule has 3 heterocycles. The molecule has 0 spiro atoms. The number of aromatic nitrogens is 3. The summed E-state index contributed by atoms with van der Waals surface area (Å²) in [5.74, 6) is 0.262. The van der Waals surface area contributed by atoms with E-state index in [9.17, 15) is 14.4 Å². The first-order valence-corrected chi connectivity index (χ1v) is 13.7. The maximum Gasteiger partial charge on any atom is 0.407 e. The number of pyridine rings is 2. The first-order valence-electron chi connectivity index (χ1n) is 13.0. The van der Waals surface area contributed by atoms with Crippen molar-refractivity contribution in [1.82, 2.24) is 19.7 Å². The van der Waals surface area contributed by atoms with Crippen LogP contribution in [0.1, 0.15) is 15.9 Å². The lowest BCUT2D eigenvalue weighted by atomic mass is 9.97. The molecule has 0 saturated heterocycles. The number of alkyl carbamates (subject to hydrolysis) is 1. The lowest BCUT2D eigenvalue weighted by molar-refractivity contribution is 0.112. The third kappa shape index (κ3) is 6.07. The zero-order valence-electron chi connectivity index (χ0n) is 22.7. The van der Waals surface area contributed by atoms with Gasteiger partial charge in [0.1, 0.15) is 12.3 Å². The number of halogens is 2. The minimum atomic E-state index is -0.670. The van der Waals surface area contributed by atoms with E-state index in [1.807, 2.05) is 36.4 Å². The zero-order valence-corrected chi connectivity index (χ0v) is 24.2. The molecular weight excluding hydrogens is 595 g/mol. The molecule has 10 nitrogen and oxygen atoms in total. The second-order valence-electron chi connectivity index (χ2n) is 9.21. The molecule has 5 rings (SSSR count). The van der Waals surface area contributed by atoms with Gasteiger partial charge in [0, 0.05) is 41.2 Å². The highest BCUT2D eigenvalue weighted by Crippen LogP contribution is 2.42. The monoisotopic (exact) mass is 618 g/mol. The smallest absolute Gasteiger partial charge is 0.407 e. The standard InChI is InChI=1S/C31H24Cl2N4O6/c1-42-29-19(17-43-31(41)34-11-13-38)8-9-25(36-29)24-7-3-6-23(28(24)33)22-5-2-4-21(27(22)32)18-10-12-37-26(14-18)35-15-20(16-39)30(37)40/h2-10,12,14-16,38H,11,13,17H2,1H3,(H,34,41). The Morgan fingerprint density at radius 3 is 2.42 bits per heavy atom. The van der Waals surface area contributed by atoms with Crippen molar-refractivity contribution in [3.05, 3.63) is 105 Å². The summed E-state index contributed by atoms with van der Waals surface area (Å²) in [6, 6.07) is 18.0. The van der Waals surface area contributed by atoms with Gasteiger partial charge in [0.05, 0.1) is 40.6 Å². The average Bonchev–Trinajstić information content (AvgIpc) is 3.03. The van der Waals surface area contributed by atoms with Crippen LogP contribution < -0.4 is 15.6 Å². The largest absolute Gasteiger partial charge is 0.481 e. The van der Waals surface area contributed by atoms with Gasteiger partial charge >= 0.3 is 6.09 Å². The third-order valence-electron chi connectivity index (χ3n) is 6.61. The fourth-order valence-corrected chi connectivity index (χ4v) is 5.16. The number of nitrogens with one attached hydrogen (secondary N) is 1. The van der Waals surface area contributed by atoms with Gasteiger partial charge in [-0.25, -0.2) is 14.8 Å². The van der Waals surface area contributed by atoms with Crippen molar-refractivity contribution in [2.45, 2.75) is 6.61 Å². The lowest BCUT2D eigenvalue weighted by Gasteiger charge is -2.15. The van der Waals surface area contributed by atoms with Crippen LogP contribution in [0.5, 0.6) is 5.88 Å². The number of ether oxygens (including phenoxy) is 2. The Labute approximate surface area is 255 Å². The fourth-order valence-electron chi connectivity index (χ4n) is 4.50. The van der Waals surface area contributed by atoms with E-state index in [1.165, 1.54) is 17.7 Å². The molecule has 0 radical (unpaired) electrons. The van der Waals surface area contributed by atoms with E-state index >= 15 is 0 Å². The predicted octanol–water partition coefficient (Wildman–Crippen LogP) is 5.44. The average molecular weight is 619 g/mol. The second-order valence-corrected chi connectivity index (χ2v) is 9.96. The fraction of sp³-hybridized carbons (Fsp3) is 0.129. The van der Waals surface area contributed by atoms with Crippen LogP contribution in [0.2, 0.25) is 10.0 Å². The van der Waals surface area contributed by atoms with Gasteiger partial charge < -0.3 is 19.9 Å². The Kier molecular flexibility index (Phi) is 9.01. The quantitative estimate of drug-likeness (QED) is 0.209. The number of aldehydes is 1. The number of amides is 1. The Balaban J connectivity index is 1.49. The topological polar surface area (TPSA) is 132 Å². The number of rotatable bonds is 9. The van der Waals surface area contributed by atoms with Crippen LogP contribution in [-0.4, -0.2) is 52.1 Å². The lowest BCUT2D eigenvalue weighted by Crippen LogP contribution is -2.27. The van der Waals surface area contributed by atoms with Crippen molar-refractivity contribution >= 4 is 41.2 Å². The Morgan fingerprint density at radius 2 is 1.72 bits per heavy atom. The number of hydrogen-bond acceptors (Lipinski definition) is 8. The summed E-state index contributed by atoms with van der Waals surface area (Å²) in [4.78, 5) is 44.2. The third-order valence-corrected chi connectivity index (χ3v) is 7.42. The molecule has 0 unspecified atom stereocenters. The molecule has 218 valence electrons. The Morgan fingerprint density at radius 1 is 1.02 bits per heavy atom. The van der Waals surface area contributed by atoms with Gasteiger partial charge in [-0.1, -0.05) is 59.6 Å². The van der Waals surface area contributed by atoms with Crippen molar-refractivity contribution in [2.24, 2.45) is 0 Å². The molecule has 0 aliphatic rings. The van der Waals surface area contributed by atoms with E-state index in [4.69, 9.17) is 37.8 Å². The number of hydrogen-bond donors (Lipinski definition) is 2. The summed E-state index contributed by atoms with van der Waals surface area (Å²) in [7, 11) is 1.46. The van der Waals surface area contributed by atoms with Gasteiger partial charge in [-0.05, 0) is 29.8 Å². The van der Waals surface area contributed by atoms with E-state index in [0.29, 0.717) is 55.5 Å². The van der Waals surface area contributed by atoms with Gasteiger partial charge in [0.2, 0.25) is 5.88 Å². The van der Waals surface area contributed by atoms with Gasteiger partial charge in [-0.3, -0.25) is 14.0 Å². The highest BCUT2D eigenvalue weighted by molar-refractivity contribution is 6.39. The van der Waals surface area contributed by atoms with Gasteiger partial charge in [0.15, 0.2) is 6.29 Å². The first-order chi connectivity index (χ1) is 20.9. The number of carbonyl (C=O) groups excluding carboxylic acids is 2. The molecule has 43 heavy (non-hydrogen) atoms. The van der Waals surface area contributed by atoms with Crippen LogP contribution in [-0.2, 0) is 11.3 Å². The van der Waals surface area contributed by atoms with Crippen LogP contribution >= 0.6 is 23.2 Å². The van der Waals surface area contributed by atoms with Crippen molar-refractivity contribution < 1.29 is 24.2 Å². The molecule has 0 atom stereocenters. The van der Waals surface area contributed by atoms with Crippen LogP contribution in [0.25, 0.3) is 39.2 Å². The molecular formula is C31H24Cl2N4O6. The van der Waals surface area contributed by atoms with E-state index in [0.717, 1.165) is 5.56 Å². The molecule has 12 heteroatoms. The normalized spacial score (nSPS) is 10.9. The van der Waals surface area contributed by atoms with E-state index in [2.05, 4.69) is 15.3 Å². The maximum absolute atomic E-state index is 12.5. The molecule has 0 aliphatic carbocycles. The van der Waals surface area contributed by atoms with Crippen molar-refractivity contribution in [2.75, 3.05) is 20.3 Å². The summed E-state index contributed by atoms with van der Waals surface area (Å²) in [6.07, 6.45) is 2.61. The highest BCUT2D eigenvalue weighted by atomic mass is 35.5. The molecule has 3 aromatic heterocycles. The minimum absolute atomic E-state index is 0.0310. The molecule has 5 aromatic rings. The number of aliphatic hydroxyl groups excluding tert-OH is 1. The number of fused-ring (bicyclic) bond motifs is 1. The second kappa shape index (κ2) is 13.0. The van der Waals surface area contributed by atoms with Crippen LogP contribution in [0, 0.1) is 0 Å². The first kappa shape index (κ1) is 29.7. The van der Waals surface area contributed by atoms with Crippen molar-refractivity contribution in [3.63, 3.8) is 0 Å². The number of benzene rings is 2. The number of aliphatic hydroxyl groups is 1. The summed E-state index contributed by atoms with van der Waals surface area (Å²) in [5, 5.41) is 12.1. The van der Waals surface area contributed by atoms with E-state index < -0.39 is 11.7 Å². The SMILES string of the molecule is COc1nc(-c2cccc(-c3cccc(-c4ccn5c(=O)c(C=O)cnc5c4)c3Cl)c2Cl)ccc1COC(=O)NCCO. The molecule has 0 fully saturated rings. The maximum atomic E-state index is 12.5. The van der Waals surface area contributed by atoms with Crippen molar-refractivity contribution in [3.8, 4) is 39.4 Å². The van der Waals surface area contributed by atoms with Crippen LogP contribution in [0.15, 0.2) is 77.9 Å². The zero-order chi connectivity index (χ0) is 30.5. The number of carbonyl (C=O) groups is 2. The van der Waals surface area contributed by atoms with Crippen LogP contribution in [0.4, 0.5) is 4.79 Å². The van der Waals surface area contributed by atoms with E-state index in [1.54, 1.807) is 30.5 Å². The van der Waals surface area contributed by atoms with Gasteiger partial charge in [-0.2, -0.15) is 0 Å². The van der Waals surface area contributed by atoms with Crippen LogP contribution in [0.3, 0.4) is 0 Å². The summed E-state index contributed by atoms with van der Waals surface area (Å²) in [6.45, 7) is -0.197. The van der Waals surface area contributed by atoms with E-state index in [-0.39, 0.29) is 31.2 Å². The summed E-state index contributed by atoms with van der Waals surface area (Å²) < 4.78 is 11.9. The number of methoxy groups -OCH3 is 1. The highest BCUT2D eigenvalue weighted by Gasteiger charge is 2.18. The van der Waals surface area contributed by atoms with Gasteiger partial charge in [-0.15, -0.1) is 0 Å². The van der Waals surface area contributed by atoms with Crippen molar-refractivity contribution in [1.29, 1.82) is 0 Å². The van der Waals surface area contributed by atoms with Gasteiger partial charge in [0.25, 0.3) is 5.56 Å². The molecule has 1 amide bonds. The molecule has 0 aliphatic heterocycles. The number of nitrogens with zero attached hydrogens (tertiary/aromatic N) is 3. The molecule has 0 bridgehead atoms.